The van der Waals surface area contributed by atoms with E-state index in [1.807, 2.05) is 19.0 Å². The molecular formula is C13H19F2N3O2S. The minimum Gasteiger partial charge on any atom is -0.394 e. The molecule has 0 bridgehead atoms. The van der Waals surface area contributed by atoms with Crippen molar-refractivity contribution in [1.29, 1.82) is 0 Å². The van der Waals surface area contributed by atoms with E-state index in [1.165, 1.54) is 0 Å². The minimum atomic E-state index is -4.07. The summed E-state index contributed by atoms with van der Waals surface area (Å²) in [5.41, 5.74) is 4.17. The van der Waals surface area contributed by atoms with Gasteiger partial charge in [-0.2, -0.15) is 0 Å². The van der Waals surface area contributed by atoms with Crippen LogP contribution in [0.15, 0.2) is 17.0 Å². The Morgan fingerprint density at radius 3 is 2.43 bits per heavy atom. The van der Waals surface area contributed by atoms with Gasteiger partial charge in [-0.05, 0) is 45.5 Å². The maximum atomic E-state index is 13.8. The summed E-state index contributed by atoms with van der Waals surface area (Å²) in [7, 11) is -0.314. The molecule has 1 saturated carbocycles. The smallest absolute Gasteiger partial charge is 0.243 e. The van der Waals surface area contributed by atoms with E-state index >= 15 is 0 Å². The van der Waals surface area contributed by atoms with E-state index in [0.29, 0.717) is 0 Å². The van der Waals surface area contributed by atoms with Gasteiger partial charge >= 0.3 is 0 Å². The monoisotopic (exact) mass is 319 g/mol. The van der Waals surface area contributed by atoms with Crippen LogP contribution < -0.4 is 10.5 Å². The Morgan fingerprint density at radius 2 is 1.95 bits per heavy atom. The number of rotatable bonds is 5. The number of hydrogen-bond acceptors (Lipinski definition) is 4. The van der Waals surface area contributed by atoms with Crippen LogP contribution in [0.5, 0.6) is 0 Å². The van der Waals surface area contributed by atoms with Gasteiger partial charge in [-0.1, -0.05) is 0 Å². The molecule has 0 aromatic heterocycles. The van der Waals surface area contributed by atoms with Crippen LogP contribution >= 0.6 is 0 Å². The van der Waals surface area contributed by atoms with Crippen molar-refractivity contribution in [2.75, 3.05) is 26.4 Å². The molecule has 0 unspecified atom stereocenters. The first-order valence-electron chi connectivity index (χ1n) is 6.60. The summed E-state index contributed by atoms with van der Waals surface area (Å²) in [4.78, 5) is 1.34. The lowest BCUT2D eigenvalue weighted by Crippen LogP contribution is -2.57. The molecule has 1 fully saturated rings. The van der Waals surface area contributed by atoms with Gasteiger partial charge in [-0.15, -0.1) is 0 Å². The summed E-state index contributed by atoms with van der Waals surface area (Å²) in [6.07, 6.45) is 2.77. The topological polar surface area (TPSA) is 75.4 Å². The van der Waals surface area contributed by atoms with E-state index in [9.17, 15) is 17.2 Å². The number of nitrogen functional groups attached to an aromatic ring is 1. The number of sulfonamides is 1. The maximum Gasteiger partial charge on any atom is 0.243 e. The standard InChI is InChI=1S/C13H19F2N3O2S/c1-18(2)13(6-3-7-13)8-17-21(19,20)10-5-4-9(14)12(16)11(10)15/h4-5,17H,3,6-8,16H2,1-2H3. The van der Waals surface area contributed by atoms with Crippen LogP contribution in [0.1, 0.15) is 19.3 Å². The van der Waals surface area contributed by atoms with Crippen molar-refractivity contribution >= 4 is 15.7 Å². The van der Waals surface area contributed by atoms with Crippen LogP contribution in [-0.4, -0.2) is 39.5 Å². The van der Waals surface area contributed by atoms with Crippen molar-refractivity contribution in [3.63, 3.8) is 0 Å². The molecule has 0 atom stereocenters. The van der Waals surface area contributed by atoms with Crippen LogP contribution in [0, 0.1) is 11.6 Å². The predicted octanol–water partition coefficient (Wildman–Crippen LogP) is 1.31. The van der Waals surface area contributed by atoms with Crippen LogP contribution in [-0.2, 0) is 10.0 Å². The molecule has 1 aromatic rings. The van der Waals surface area contributed by atoms with E-state index in [0.717, 1.165) is 31.4 Å². The second kappa shape index (κ2) is 5.51. The van der Waals surface area contributed by atoms with Crippen LogP contribution in [0.2, 0.25) is 0 Å². The fourth-order valence-electron chi connectivity index (χ4n) is 2.43. The van der Waals surface area contributed by atoms with Crippen molar-refractivity contribution in [3.8, 4) is 0 Å². The third-order valence-electron chi connectivity index (χ3n) is 4.20. The van der Waals surface area contributed by atoms with Gasteiger partial charge in [0, 0.05) is 12.1 Å². The van der Waals surface area contributed by atoms with Crippen molar-refractivity contribution in [1.82, 2.24) is 9.62 Å². The minimum absolute atomic E-state index is 0.180. The van der Waals surface area contributed by atoms with Gasteiger partial charge in [-0.25, -0.2) is 21.9 Å². The molecule has 1 aliphatic rings. The number of hydrogen-bond donors (Lipinski definition) is 2. The summed E-state index contributed by atoms with van der Waals surface area (Å²) in [5.74, 6) is -2.23. The highest BCUT2D eigenvalue weighted by Crippen LogP contribution is 2.35. The molecule has 1 aromatic carbocycles. The third kappa shape index (κ3) is 2.88. The number of benzene rings is 1. The van der Waals surface area contributed by atoms with Crippen LogP contribution in [0.4, 0.5) is 14.5 Å². The molecule has 3 N–H and O–H groups in total. The summed E-state index contributed by atoms with van der Waals surface area (Å²) < 4.78 is 53.7. The zero-order valence-electron chi connectivity index (χ0n) is 12.0. The Labute approximate surface area is 123 Å². The molecule has 5 nitrogen and oxygen atoms in total. The second-order valence-electron chi connectivity index (χ2n) is 5.57. The molecule has 0 heterocycles. The molecule has 0 saturated heterocycles. The molecule has 8 heteroatoms. The third-order valence-corrected chi connectivity index (χ3v) is 5.62. The lowest BCUT2D eigenvalue weighted by molar-refractivity contribution is 0.0656. The van der Waals surface area contributed by atoms with Gasteiger partial charge in [0.15, 0.2) is 5.82 Å². The first kappa shape index (κ1) is 16.1. The molecule has 2 rings (SSSR count). The average molecular weight is 319 g/mol. The lowest BCUT2D eigenvalue weighted by Gasteiger charge is -2.47. The number of halogens is 2. The predicted molar refractivity (Wildman–Crippen MR) is 76.2 cm³/mol. The van der Waals surface area contributed by atoms with E-state index < -0.39 is 32.2 Å². The summed E-state index contributed by atoms with van der Waals surface area (Å²) in [6.45, 7) is 0.180. The number of nitrogens with two attached hydrogens (primary N) is 1. The Hall–Kier alpha value is -1.25. The number of nitrogens with zero attached hydrogens (tertiary/aromatic N) is 1. The zero-order chi connectivity index (χ0) is 15.8. The SMILES string of the molecule is CN(C)C1(CNS(=O)(=O)c2ccc(F)c(N)c2F)CCC1. The molecule has 0 amide bonds. The van der Waals surface area contributed by atoms with Gasteiger partial charge in [0.25, 0.3) is 0 Å². The molecule has 1 aliphatic carbocycles. The first-order valence-corrected chi connectivity index (χ1v) is 8.08. The number of likely N-dealkylation sites (N-methyl/N-ethyl adjacent to an activating group) is 1. The highest BCUT2D eigenvalue weighted by Gasteiger charge is 2.40. The van der Waals surface area contributed by atoms with E-state index in [1.54, 1.807) is 0 Å². The largest absolute Gasteiger partial charge is 0.394 e. The van der Waals surface area contributed by atoms with Crippen LogP contribution in [0.3, 0.4) is 0 Å². The number of nitrogens with one attached hydrogen (secondary N) is 1. The number of anilines is 1. The Bertz CT molecular complexity index is 643. The molecule has 0 aliphatic heterocycles. The van der Waals surface area contributed by atoms with Crippen LogP contribution in [0.25, 0.3) is 0 Å². The van der Waals surface area contributed by atoms with Gasteiger partial charge in [0.1, 0.15) is 16.4 Å². The Kier molecular flexibility index (Phi) is 4.23. The van der Waals surface area contributed by atoms with Crippen molar-refractivity contribution < 1.29 is 17.2 Å². The quantitative estimate of drug-likeness (QED) is 0.803. The van der Waals surface area contributed by atoms with Gasteiger partial charge in [0.05, 0.1) is 0 Å². The molecule has 118 valence electrons. The van der Waals surface area contributed by atoms with E-state index in [-0.39, 0.29) is 12.1 Å². The van der Waals surface area contributed by atoms with Gasteiger partial charge in [0.2, 0.25) is 10.0 Å². The fourth-order valence-corrected chi connectivity index (χ4v) is 3.64. The molecular weight excluding hydrogens is 300 g/mol. The fraction of sp³-hybridized carbons (Fsp3) is 0.538. The summed E-state index contributed by atoms with van der Waals surface area (Å²) in [6, 6.07) is 1.73. The van der Waals surface area contributed by atoms with Gasteiger partial charge < -0.3 is 10.6 Å². The average Bonchev–Trinajstić information content (AvgIpc) is 2.33. The summed E-state index contributed by atoms with van der Waals surface area (Å²) in [5, 5.41) is 0. The second-order valence-corrected chi connectivity index (χ2v) is 7.31. The molecule has 0 radical (unpaired) electrons. The van der Waals surface area contributed by atoms with E-state index in [2.05, 4.69) is 4.72 Å². The lowest BCUT2D eigenvalue weighted by atomic mass is 9.76. The highest BCUT2D eigenvalue weighted by molar-refractivity contribution is 7.89. The maximum absolute atomic E-state index is 13.8. The Balaban J connectivity index is 2.22. The molecule has 0 spiro atoms. The van der Waals surface area contributed by atoms with Crippen molar-refractivity contribution in [2.24, 2.45) is 0 Å². The Morgan fingerprint density at radius 1 is 1.33 bits per heavy atom. The first-order chi connectivity index (χ1) is 9.69. The summed E-state index contributed by atoms with van der Waals surface area (Å²) >= 11 is 0. The highest BCUT2D eigenvalue weighted by atomic mass is 32.2. The van der Waals surface area contributed by atoms with Gasteiger partial charge in [-0.3, -0.25) is 0 Å². The van der Waals surface area contributed by atoms with Crippen molar-refractivity contribution in [2.45, 2.75) is 29.7 Å². The normalized spacial score (nSPS) is 17.8. The van der Waals surface area contributed by atoms with Crippen molar-refractivity contribution in [3.05, 3.63) is 23.8 Å². The zero-order valence-corrected chi connectivity index (χ0v) is 12.8. The van der Waals surface area contributed by atoms with E-state index in [4.69, 9.17) is 5.73 Å². The molecule has 21 heavy (non-hydrogen) atoms.